The minimum Gasteiger partial charge on any atom is -0.493 e. The molecule has 1 aliphatic rings. The van der Waals surface area contributed by atoms with Crippen molar-refractivity contribution < 1.29 is 19.1 Å². The molecule has 6 nitrogen and oxygen atoms in total. The van der Waals surface area contributed by atoms with Crippen LogP contribution in [0.15, 0.2) is 66.2 Å². The molecule has 0 bridgehead atoms. The van der Waals surface area contributed by atoms with E-state index in [1.807, 2.05) is 24.3 Å². The number of halogens is 3. The number of hydrogen-bond acceptors (Lipinski definition) is 5. The number of rotatable bonds is 6. The van der Waals surface area contributed by atoms with E-state index in [2.05, 4.69) is 27.9 Å². The molecule has 0 radical (unpaired) electrons. The third kappa shape index (κ3) is 5.61. The number of nitrogens with one attached hydrogen (secondary N) is 1. The van der Waals surface area contributed by atoms with Gasteiger partial charge in [-0.3, -0.25) is 19.8 Å². The molecule has 0 aliphatic carbocycles. The summed E-state index contributed by atoms with van der Waals surface area (Å²) in [5, 5.41) is 2.85. The Morgan fingerprint density at radius 1 is 1.06 bits per heavy atom. The highest BCUT2D eigenvalue weighted by atomic mass is 127. The minimum atomic E-state index is -0.624. The summed E-state index contributed by atoms with van der Waals surface area (Å²) in [5.74, 6) is -0.256. The summed E-state index contributed by atoms with van der Waals surface area (Å²) in [6.07, 6.45) is 1.45. The lowest BCUT2D eigenvalue weighted by Crippen LogP contribution is -2.54. The fourth-order valence-corrected chi connectivity index (χ4v) is 4.36. The Bertz CT molecular complexity index is 1360. The first-order chi connectivity index (χ1) is 16.8. The van der Waals surface area contributed by atoms with E-state index in [0.717, 1.165) is 14.0 Å². The summed E-state index contributed by atoms with van der Waals surface area (Å²) in [7, 11) is 1.52. The molecular formula is C25H17Cl2IN2O4S. The molecule has 35 heavy (non-hydrogen) atoms. The number of thiocarbonyl (C=S) groups is 1. The number of methoxy groups -OCH3 is 1. The van der Waals surface area contributed by atoms with Gasteiger partial charge in [0.1, 0.15) is 12.2 Å². The quantitative estimate of drug-likeness (QED) is 0.155. The van der Waals surface area contributed by atoms with Crippen LogP contribution in [0.2, 0.25) is 10.0 Å². The highest BCUT2D eigenvalue weighted by Gasteiger charge is 2.35. The maximum absolute atomic E-state index is 13.3. The molecule has 1 heterocycles. The van der Waals surface area contributed by atoms with Gasteiger partial charge >= 0.3 is 0 Å². The Kier molecular flexibility index (Phi) is 7.95. The molecule has 178 valence electrons. The molecule has 0 aromatic heterocycles. The van der Waals surface area contributed by atoms with Gasteiger partial charge in [0.15, 0.2) is 16.6 Å². The molecule has 2 amide bonds. The third-order valence-corrected chi connectivity index (χ3v) is 6.89. The van der Waals surface area contributed by atoms with Crippen LogP contribution >= 0.6 is 58.0 Å². The molecule has 0 atom stereocenters. The number of carbonyl (C=O) groups is 2. The molecule has 3 aromatic carbocycles. The van der Waals surface area contributed by atoms with Gasteiger partial charge in [-0.1, -0.05) is 47.5 Å². The first kappa shape index (κ1) is 25.4. The van der Waals surface area contributed by atoms with Crippen LogP contribution < -0.4 is 19.7 Å². The highest BCUT2D eigenvalue weighted by molar-refractivity contribution is 14.1. The molecule has 1 saturated heterocycles. The van der Waals surface area contributed by atoms with Gasteiger partial charge in [0, 0.05) is 3.57 Å². The molecule has 3 aromatic rings. The van der Waals surface area contributed by atoms with Crippen LogP contribution in [0.5, 0.6) is 11.5 Å². The SMILES string of the molecule is COc1cc(/C=C2\C(=O)NC(=S)N(c3cccc(Cl)c3Cl)C2=O)ccc1OCc1ccc(I)cc1. The minimum absolute atomic E-state index is 0.0850. The van der Waals surface area contributed by atoms with Crippen LogP contribution in [-0.4, -0.2) is 24.0 Å². The summed E-state index contributed by atoms with van der Waals surface area (Å²) in [6, 6.07) is 17.9. The highest BCUT2D eigenvalue weighted by Crippen LogP contribution is 2.35. The van der Waals surface area contributed by atoms with E-state index in [9.17, 15) is 9.59 Å². The Hall–Kier alpha value is -2.66. The van der Waals surface area contributed by atoms with Gasteiger partial charge in [-0.2, -0.15) is 0 Å². The van der Waals surface area contributed by atoms with Gasteiger partial charge in [-0.05, 0) is 88.4 Å². The Morgan fingerprint density at radius 2 is 1.80 bits per heavy atom. The molecule has 1 aliphatic heterocycles. The molecular weight excluding hydrogens is 622 g/mol. The van der Waals surface area contributed by atoms with Crippen molar-refractivity contribution in [3.05, 3.63) is 91.0 Å². The van der Waals surface area contributed by atoms with Crippen LogP contribution in [0.25, 0.3) is 6.08 Å². The van der Waals surface area contributed by atoms with E-state index in [1.165, 1.54) is 13.2 Å². The van der Waals surface area contributed by atoms with Crippen molar-refractivity contribution in [3.63, 3.8) is 0 Å². The van der Waals surface area contributed by atoms with Crippen molar-refractivity contribution in [2.24, 2.45) is 0 Å². The van der Waals surface area contributed by atoms with Crippen molar-refractivity contribution in [3.8, 4) is 11.5 Å². The Labute approximate surface area is 230 Å². The summed E-state index contributed by atoms with van der Waals surface area (Å²) in [4.78, 5) is 27.0. The monoisotopic (exact) mass is 638 g/mol. The van der Waals surface area contributed by atoms with Gasteiger partial charge in [0.05, 0.1) is 22.8 Å². The van der Waals surface area contributed by atoms with Gasteiger partial charge in [0.25, 0.3) is 11.8 Å². The van der Waals surface area contributed by atoms with Crippen LogP contribution in [0, 0.1) is 3.57 Å². The van der Waals surface area contributed by atoms with E-state index in [1.54, 1.807) is 36.4 Å². The number of hydrogen-bond donors (Lipinski definition) is 1. The zero-order valence-corrected chi connectivity index (χ0v) is 22.7. The van der Waals surface area contributed by atoms with E-state index in [-0.39, 0.29) is 26.4 Å². The predicted octanol–water partition coefficient (Wildman–Crippen LogP) is 6.02. The lowest BCUT2D eigenvalue weighted by molar-refractivity contribution is -0.122. The second-order valence-corrected chi connectivity index (χ2v) is 9.77. The number of benzene rings is 3. The van der Waals surface area contributed by atoms with Crippen LogP contribution in [0.3, 0.4) is 0 Å². The second kappa shape index (κ2) is 10.9. The molecule has 0 unspecified atom stereocenters. The number of carbonyl (C=O) groups excluding carboxylic acids is 2. The lowest BCUT2D eigenvalue weighted by atomic mass is 10.1. The average molecular weight is 639 g/mol. The van der Waals surface area contributed by atoms with Gasteiger partial charge in [-0.15, -0.1) is 0 Å². The molecule has 0 spiro atoms. The maximum atomic E-state index is 13.3. The van der Waals surface area contributed by atoms with E-state index in [4.69, 9.17) is 44.9 Å². The normalized spacial score (nSPS) is 14.8. The average Bonchev–Trinajstić information content (AvgIpc) is 2.84. The van der Waals surface area contributed by atoms with Gasteiger partial charge < -0.3 is 9.47 Å². The Morgan fingerprint density at radius 3 is 2.51 bits per heavy atom. The molecule has 4 rings (SSSR count). The van der Waals surface area contributed by atoms with Crippen molar-refractivity contribution in [2.45, 2.75) is 6.61 Å². The smallest absolute Gasteiger partial charge is 0.270 e. The summed E-state index contributed by atoms with van der Waals surface area (Å²) in [5.41, 5.74) is 1.73. The van der Waals surface area contributed by atoms with Crippen molar-refractivity contribution in [1.29, 1.82) is 0 Å². The standard InChI is InChI=1S/C25H17Cl2IN2O4S/c1-33-21-12-15(7-10-20(21)34-13-14-5-8-16(28)9-6-14)11-17-23(31)29-25(35)30(24(17)32)19-4-2-3-18(26)22(19)27/h2-12H,13H2,1H3,(H,29,31,35)/b17-11+. The predicted molar refractivity (Wildman–Crippen MR) is 149 cm³/mol. The van der Waals surface area contributed by atoms with E-state index >= 15 is 0 Å². The van der Waals surface area contributed by atoms with Crippen molar-refractivity contribution >= 4 is 86.7 Å². The topological polar surface area (TPSA) is 67.9 Å². The number of anilines is 1. The largest absolute Gasteiger partial charge is 0.493 e. The van der Waals surface area contributed by atoms with Gasteiger partial charge in [-0.25, -0.2) is 0 Å². The zero-order chi connectivity index (χ0) is 25.1. The number of ether oxygens (including phenoxy) is 2. The lowest BCUT2D eigenvalue weighted by Gasteiger charge is -2.29. The second-order valence-electron chi connectivity index (χ2n) is 7.36. The number of amides is 2. The fourth-order valence-electron chi connectivity index (χ4n) is 3.34. The summed E-state index contributed by atoms with van der Waals surface area (Å²) < 4.78 is 12.5. The summed E-state index contributed by atoms with van der Waals surface area (Å²) in [6.45, 7) is 0.363. The zero-order valence-electron chi connectivity index (χ0n) is 18.2. The van der Waals surface area contributed by atoms with Crippen molar-refractivity contribution in [2.75, 3.05) is 12.0 Å². The van der Waals surface area contributed by atoms with E-state index < -0.39 is 11.8 Å². The number of nitrogens with zero attached hydrogens (tertiary/aromatic N) is 1. The summed E-state index contributed by atoms with van der Waals surface area (Å²) >= 11 is 19.9. The maximum Gasteiger partial charge on any atom is 0.270 e. The molecule has 0 saturated carbocycles. The van der Waals surface area contributed by atoms with Gasteiger partial charge in [0.2, 0.25) is 0 Å². The molecule has 1 fully saturated rings. The Balaban J connectivity index is 1.61. The third-order valence-electron chi connectivity index (χ3n) is 5.08. The molecule has 10 heteroatoms. The van der Waals surface area contributed by atoms with E-state index in [0.29, 0.717) is 23.7 Å². The first-order valence-electron chi connectivity index (χ1n) is 10.2. The van der Waals surface area contributed by atoms with Crippen LogP contribution in [0.1, 0.15) is 11.1 Å². The molecule has 1 N–H and O–H groups in total. The van der Waals surface area contributed by atoms with Crippen LogP contribution in [0.4, 0.5) is 5.69 Å². The fraction of sp³-hybridized carbons (Fsp3) is 0.0800. The van der Waals surface area contributed by atoms with Crippen molar-refractivity contribution in [1.82, 2.24) is 5.32 Å². The first-order valence-corrected chi connectivity index (χ1v) is 12.4. The van der Waals surface area contributed by atoms with Crippen LogP contribution in [-0.2, 0) is 16.2 Å².